The fourth-order valence-electron chi connectivity index (χ4n) is 0.873. The molecule has 13 heavy (non-hydrogen) atoms. The average molecular weight is 178 g/mol. The minimum absolute atomic E-state index is 0.223. The van der Waals surface area contributed by atoms with E-state index in [9.17, 15) is 4.79 Å². The number of hydrogen-bond acceptors (Lipinski definition) is 3. The molecule has 0 spiro atoms. The topological polar surface area (TPSA) is 42.9 Å². The summed E-state index contributed by atoms with van der Waals surface area (Å²) in [7, 11) is 0. The van der Waals surface area contributed by atoms with Crippen LogP contribution in [0.1, 0.15) is 26.3 Å². The molecule has 1 aromatic heterocycles. The normalized spacial score (nSPS) is 11.3. The van der Waals surface area contributed by atoms with Crippen LogP contribution in [0.4, 0.5) is 0 Å². The predicted octanol–water partition coefficient (Wildman–Crippen LogP) is 1.63. The molecule has 0 saturated carbocycles. The van der Waals surface area contributed by atoms with E-state index < -0.39 is 0 Å². The van der Waals surface area contributed by atoms with Gasteiger partial charge in [0.1, 0.15) is 5.78 Å². The maximum atomic E-state index is 11.6. The van der Waals surface area contributed by atoms with E-state index in [1.165, 1.54) is 0 Å². The van der Waals surface area contributed by atoms with Gasteiger partial charge in [-0.15, -0.1) is 0 Å². The van der Waals surface area contributed by atoms with Crippen molar-refractivity contribution in [3.8, 4) is 0 Å². The zero-order valence-corrected chi connectivity index (χ0v) is 8.24. The van der Waals surface area contributed by atoms with Crippen molar-refractivity contribution < 1.29 is 4.79 Å². The molecule has 0 unspecified atom stereocenters. The summed E-state index contributed by atoms with van der Waals surface area (Å²) < 4.78 is 0. The van der Waals surface area contributed by atoms with Crippen LogP contribution in [0.5, 0.6) is 0 Å². The van der Waals surface area contributed by atoms with Crippen LogP contribution in [0.15, 0.2) is 18.5 Å². The van der Waals surface area contributed by atoms with Gasteiger partial charge in [0, 0.05) is 18.0 Å². The maximum absolute atomic E-state index is 11.6. The van der Waals surface area contributed by atoms with Gasteiger partial charge in [0.15, 0.2) is 0 Å². The molecule has 0 aromatic carbocycles. The lowest BCUT2D eigenvalue weighted by Crippen LogP contribution is -2.22. The third-order valence-electron chi connectivity index (χ3n) is 1.85. The lowest BCUT2D eigenvalue weighted by molar-refractivity contribution is -0.125. The molecule has 1 rings (SSSR count). The molecule has 0 saturated heterocycles. The lowest BCUT2D eigenvalue weighted by atomic mass is 9.87. The molecular formula is C10H14N2O. The zero-order chi connectivity index (χ0) is 9.90. The van der Waals surface area contributed by atoms with E-state index in [-0.39, 0.29) is 11.2 Å². The van der Waals surface area contributed by atoms with Gasteiger partial charge in [-0.2, -0.15) is 10.2 Å². The van der Waals surface area contributed by atoms with Crippen molar-refractivity contribution in [3.05, 3.63) is 24.0 Å². The highest BCUT2D eigenvalue weighted by molar-refractivity contribution is 5.85. The van der Waals surface area contributed by atoms with Crippen LogP contribution in [-0.4, -0.2) is 16.0 Å². The first kappa shape index (κ1) is 9.84. The molecular weight excluding hydrogens is 164 g/mol. The number of carbonyl (C=O) groups excluding carboxylic acids is 1. The van der Waals surface area contributed by atoms with Crippen molar-refractivity contribution in [2.45, 2.75) is 27.2 Å². The standard InChI is InChI=1S/C10H14N2O/c1-10(2,3)9(13)6-8-4-5-11-12-7-8/h4-5,7H,6H2,1-3H3. The highest BCUT2D eigenvalue weighted by atomic mass is 16.1. The Morgan fingerprint density at radius 2 is 2.08 bits per heavy atom. The van der Waals surface area contributed by atoms with E-state index in [0.717, 1.165) is 5.56 Å². The number of Topliss-reactive ketones (excluding diaryl/α,β-unsaturated/α-hetero) is 1. The van der Waals surface area contributed by atoms with E-state index >= 15 is 0 Å². The van der Waals surface area contributed by atoms with Crippen LogP contribution < -0.4 is 0 Å². The van der Waals surface area contributed by atoms with Gasteiger partial charge in [-0.25, -0.2) is 0 Å². The zero-order valence-electron chi connectivity index (χ0n) is 8.24. The van der Waals surface area contributed by atoms with Gasteiger partial charge in [-0.05, 0) is 11.6 Å². The second kappa shape index (κ2) is 3.64. The molecule has 3 nitrogen and oxygen atoms in total. The monoisotopic (exact) mass is 178 g/mol. The van der Waals surface area contributed by atoms with Crippen molar-refractivity contribution >= 4 is 5.78 Å². The van der Waals surface area contributed by atoms with Crippen molar-refractivity contribution in [1.29, 1.82) is 0 Å². The number of hydrogen-bond donors (Lipinski definition) is 0. The first-order valence-corrected chi connectivity index (χ1v) is 4.29. The molecule has 70 valence electrons. The largest absolute Gasteiger partial charge is 0.299 e. The maximum Gasteiger partial charge on any atom is 0.142 e. The summed E-state index contributed by atoms with van der Waals surface area (Å²) in [5.41, 5.74) is 0.651. The Bertz CT molecular complexity index is 288. The molecule has 0 fully saturated rings. The Morgan fingerprint density at radius 3 is 2.54 bits per heavy atom. The van der Waals surface area contributed by atoms with E-state index in [0.29, 0.717) is 6.42 Å². The Balaban J connectivity index is 2.66. The second-order valence-corrected chi connectivity index (χ2v) is 4.10. The smallest absolute Gasteiger partial charge is 0.142 e. The van der Waals surface area contributed by atoms with Crippen LogP contribution in [0, 0.1) is 5.41 Å². The van der Waals surface area contributed by atoms with Gasteiger partial charge in [0.25, 0.3) is 0 Å². The average Bonchev–Trinajstić information content (AvgIpc) is 2.04. The number of nitrogens with zero attached hydrogens (tertiary/aromatic N) is 2. The molecule has 1 aromatic rings. The molecule has 3 heteroatoms. The van der Waals surface area contributed by atoms with Crippen molar-refractivity contribution in [2.24, 2.45) is 5.41 Å². The van der Waals surface area contributed by atoms with Gasteiger partial charge in [0.05, 0.1) is 6.20 Å². The first-order valence-electron chi connectivity index (χ1n) is 4.29. The van der Waals surface area contributed by atoms with Gasteiger partial charge < -0.3 is 0 Å². The van der Waals surface area contributed by atoms with Crippen LogP contribution in [0.3, 0.4) is 0 Å². The van der Waals surface area contributed by atoms with E-state index in [4.69, 9.17) is 0 Å². The molecule has 0 bridgehead atoms. The minimum atomic E-state index is -0.275. The van der Waals surface area contributed by atoms with Gasteiger partial charge in [-0.1, -0.05) is 20.8 Å². The van der Waals surface area contributed by atoms with Crippen molar-refractivity contribution in [1.82, 2.24) is 10.2 Å². The third-order valence-corrected chi connectivity index (χ3v) is 1.85. The predicted molar refractivity (Wildman–Crippen MR) is 50.2 cm³/mol. The van der Waals surface area contributed by atoms with Gasteiger partial charge in [-0.3, -0.25) is 4.79 Å². The van der Waals surface area contributed by atoms with E-state index in [1.54, 1.807) is 12.4 Å². The van der Waals surface area contributed by atoms with E-state index in [2.05, 4.69) is 10.2 Å². The quantitative estimate of drug-likeness (QED) is 0.691. The lowest BCUT2D eigenvalue weighted by Gasteiger charge is -2.15. The number of aromatic nitrogens is 2. The molecule has 0 radical (unpaired) electrons. The van der Waals surface area contributed by atoms with Crippen molar-refractivity contribution in [3.63, 3.8) is 0 Å². The summed E-state index contributed by atoms with van der Waals surface area (Å²) in [6.07, 6.45) is 3.67. The van der Waals surface area contributed by atoms with Crippen LogP contribution in [-0.2, 0) is 11.2 Å². The van der Waals surface area contributed by atoms with Crippen LogP contribution >= 0.6 is 0 Å². The molecule has 1 heterocycles. The van der Waals surface area contributed by atoms with Gasteiger partial charge in [0.2, 0.25) is 0 Å². The first-order chi connectivity index (χ1) is 6.00. The Labute approximate surface area is 78.2 Å². The summed E-state index contributed by atoms with van der Waals surface area (Å²) in [5.74, 6) is 0.223. The molecule has 0 atom stereocenters. The Kier molecular flexibility index (Phi) is 2.76. The molecule has 0 N–H and O–H groups in total. The summed E-state index contributed by atoms with van der Waals surface area (Å²) in [6.45, 7) is 5.76. The summed E-state index contributed by atoms with van der Waals surface area (Å²) >= 11 is 0. The van der Waals surface area contributed by atoms with Gasteiger partial charge >= 0.3 is 0 Å². The van der Waals surface area contributed by atoms with E-state index in [1.807, 2.05) is 26.8 Å². The fraction of sp³-hybridized carbons (Fsp3) is 0.500. The van der Waals surface area contributed by atoms with Crippen LogP contribution in [0.25, 0.3) is 0 Å². The number of carbonyl (C=O) groups is 1. The minimum Gasteiger partial charge on any atom is -0.299 e. The van der Waals surface area contributed by atoms with Crippen LogP contribution in [0.2, 0.25) is 0 Å². The highest BCUT2D eigenvalue weighted by Gasteiger charge is 2.20. The highest BCUT2D eigenvalue weighted by Crippen LogP contribution is 2.16. The molecule has 0 amide bonds. The third kappa shape index (κ3) is 2.93. The Hall–Kier alpha value is -1.25. The molecule has 0 aliphatic rings. The molecule has 0 aliphatic heterocycles. The Morgan fingerprint density at radius 1 is 1.38 bits per heavy atom. The second-order valence-electron chi connectivity index (χ2n) is 4.10. The molecule has 0 aliphatic carbocycles. The summed E-state index contributed by atoms with van der Waals surface area (Å²) in [4.78, 5) is 11.6. The fourth-order valence-corrected chi connectivity index (χ4v) is 0.873. The number of ketones is 1. The summed E-state index contributed by atoms with van der Waals surface area (Å²) in [6, 6.07) is 1.82. The van der Waals surface area contributed by atoms with Crippen molar-refractivity contribution in [2.75, 3.05) is 0 Å². The number of rotatable bonds is 2. The SMILES string of the molecule is CC(C)(C)C(=O)Cc1ccnnc1. The summed E-state index contributed by atoms with van der Waals surface area (Å²) in [5, 5.41) is 7.37.